The van der Waals surface area contributed by atoms with Crippen molar-refractivity contribution in [1.29, 1.82) is 0 Å². The van der Waals surface area contributed by atoms with Crippen LogP contribution in [0.5, 0.6) is 0 Å². The van der Waals surface area contributed by atoms with Crippen molar-refractivity contribution in [2.45, 2.75) is 25.8 Å². The minimum atomic E-state index is -0.0589. The molecule has 3 heterocycles. The molecule has 0 bridgehead atoms. The maximum Gasteiger partial charge on any atom is 0.274 e. The molecule has 2 aromatic heterocycles. The van der Waals surface area contributed by atoms with Crippen molar-refractivity contribution >= 4 is 11.7 Å². The molecule has 7 heteroatoms. The van der Waals surface area contributed by atoms with Crippen LogP contribution in [0, 0.1) is 6.92 Å². The van der Waals surface area contributed by atoms with Crippen LogP contribution in [0.25, 0.3) is 0 Å². The molecule has 0 N–H and O–H groups in total. The van der Waals surface area contributed by atoms with E-state index in [1.807, 2.05) is 54.0 Å². The summed E-state index contributed by atoms with van der Waals surface area (Å²) in [7, 11) is 3.79. The molecule has 0 aromatic carbocycles. The summed E-state index contributed by atoms with van der Waals surface area (Å²) >= 11 is 0. The van der Waals surface area contributed by atoms with Crippen molar-refractivity contribution in [3.8, 4) is 0 Å². The van der Waals surface area contributed by atoms with Crippen molar-refractivity contribution in [2.24, 2.45) is 0 Å². The molecule has 122 valence electrons. The van der Waals surface area contributed by atoms with Crippen LogP contribution in [0.2, 0.25) is 0 Å². The summed E-state index contributed by atoms with van der Waals surface area (Å²) in [6.45, 7) is 3.45. The van der Waals surface area contributed by atoms with E-state index < -0.39 is 0 Å². The Morgan fingerprint density at radius 3 is 2.74 bits per heavy atom. The van der Waals surface area contributed by atoms with E-state index in [0.717, 1.165) is 30.8 Å². The largest absolute Gasteiger partial charge is 0.361 e. The molecule has 1 atom stereocenters. The monoisotopic (exact) mass is 314 g/mol. The summed E-state index contributed by atoms with van der Waals surface area (Å²) in [5.74, 6) is 0.682. The van der Waals surface area contributed by atoms with E-state index in [4.69, 9.17) is 0 Å². The van der Waals surface area contributed by atoms with E-state index in [0.29, 0.717) is 12.2 Å². The molecule has 2 aromatic rings. The van der Waals surface area contributed by atoms with Gasteiger partial charge in [0, 0.05) is 33.4 Å². The lowest BCUT2D eigenvalue weighted by atomic mass is 10.1. The predicted molar refractivity (Wildman–Crippen MR) is 87.5 cm³/mol. The van der Waals surface area contributed by atoms with Gasteiger partial charge in [-0.15, -0.1) is 10.2 Å². The second-order valence-corrected chi connectivity index (χ2v) is 6.22. The quantitative estimate of drug-likeness (QED) is 0.859. The second kappa shape index (κ2) is 6.36. The third-order valence-electron chi connectivity index (χ3n) is 4.12. The molecule has 1 aliphatic heterocycles. The number of rotatable bonds is 3. The Balaban J connectivity index is 1.71. The SMILES string of the molecule is Cc1cnn(C2CCCN(C(=O)c3ccc(N(C)C)nn3)C2)c1. The molecule has 0 aliphatic carbocycles. The van der Waals surface area contributed by atoms with Gasteiger partial charge in [0.2, 0.25) is 0 Å². The van der Waals surface area contributed by atoms with Gasteiger partial charge in [0.25, 0.3) is 5.91 Å². The number of piperidine rings is 1. The topological polar surface area (TPSA) is 67.2 Å². The highest BCUT2D eigenvalue weighted by molar-refractivity contribution is 5.92. The highest BCUT2D eigenvalue weighted by Gasteiger charge is 2.26. The molecular formula is C16H22N6O. The summed E-state index contributed by atoms with van der Waals surface area (Å²) in [5.41, 5.74) is 1.53. The van der Waals surface area contributed by atoms with Gasteiger partial charge in [-0.25, -0.2) is 0 Å². The Labute approximate surface area is 135 Å². The highest BCUT2D eigenvalue weighted by atomic mass is 16.2. The fourth-order valence-corrected chi connectivity index (χ4v) is 2.83. The minimum absolute atomic E-state index is 0.0589. The number of carbonyl (C=O) groups is 1. The molecule has 1 saturated heterocycles. The summed E-state index contributed by atoms with van der Waals surface area (Å²) in [6.07, 6.45) is 5.89. The summed E-state index contributed by atoms with van der Waals surface area (Å²) in [5, 5.41) is 12.5. The van der Waals surface area contributed by atoms with Crippen LogP contribution in [0.1, 0.15) is 34.9 Å². The van der Waals surface area contributed by atoms with Crippen LogP contribution in [0.4, 0.5) is 5.82 Å². The molecule has 1 unspecified atom stereocenters. The molecule has 0 radical (unpaired) electrons. The lowest BCUT2D eigenvalue weighted by Gasteiger charge is -2.32. The van der Waals surface area contributed by atoms with E-state index in [-0.39, 0.29) is 11.9 Å². The first-order chi connectivity index (χ1) is 11.0. The summed E-state index contributed by atoms with van der Waals surface area (Å²) in [6, 6.07) is 3.79. The maximum atomic E-state index is 12.6. The first-order valence-corrected chi connectivity index (χ1v) is 7.85. The first kappa shape index (κ1) is 15.5. The van der Waals surface area contributed by atoms with Crippen LogP contribution in [-0.4, -0.2) is 58.0 Å². The van der Waals surface area contributed by atoms with Crippen molar-refractivity contribution < 1.29 is 4.79 Å². The molecule has 1 fully saturated rings. The molecule has 1 amide bonds. The molecule has 0 saturated carbocycles. The summed E-state index contributed by atoms with van der Waals surface area (Å²) in [4.78, 5) is 16.4. The van der Waals surface area contributed by atoms with Crippen LogP contribution >= 0.6 is 0 Å². The average Bonchev–Trinajstić information content (AvgIpc) is 3.01. The fourth-order valence-electron chi connectivity index (χ4n) is 2.83. The van der Waals surface area contributed by atoms with Gasteiger partial charge in [0.1, 0.15) is 0 Å². The van der Waals surface area contributed by atoms with Gasteiger partial charge in [-0.3, -0.25) is 9.48 Å². The van der Waals surface area contributed by atoms with Crippen molar-refractivity contribution in [3.63, 3.8) is 0 Å². The van der Waals surface area contributed by atoms with E-state index in [9.17, 15) is 4.79 Å². The molecular weight excluding hydrogens is 292 g/mol. The number of hydrogen-bond donors (Lipinski definition) is 0. The van der Waals surface area contributed by atoms with Crippen molar-refractivity contribution in [1.82, 2.24) is 24.9 Å². The summed E-state index contributed by atoms with van der Waals surface area (Å²) < 4.78 is 1.97. The van der Waals surface area contributed by atoms with Crippen molar-refractivity contribution in [2.75, 3.05) is 32.1 Å². The normalized spacial score (nSPS) is 18.0. The minimum Gasteiger partial charge on any atom is -0.361 e. The van der Waals surface area contributed by atoms with E-state index >= 15 is 0 Å². The second-order valence-electron chi connectivity index (χ2n) is 6.22. The Morgan fingerprint density at radius 2 is 2.13 bits per heavy atom. The molecule has 23 heavy (non-hydrogen) atoms. The van der Waals surface area contributed by atoms with Gasteiger partial charge in [-0.05, 0) is 37.5 Å². The van der Waals surface area contributed by atoms with Crippen LogP contribution in [0.3, 0.4) is 0 Å². The standard InChI is InChI=1S/C16H22N6O/c1-12-9-17-22(10-12)13-5-4-8-21(11-13)16(23)14-6-7-15(19-18-14)20(2)3/h6-7,9-10,13H,4-5,8,11H2,1-3H3. The highest BCUT2D eigenvalue weighted by Crippen LogP contribution is 2.22. The zero-order valence-electron chi connectivity index (χ0n) is 13.8. The number of amides is 1. The Kier molecular flexibility index (Phi) is 4.27. The maximum absolute atomic E-state index is 12.6. The number of aryl methyl sites for hydroxylation is 1. The van der Waals surface area contributed by atoms with Crippen LogP contribution in [-0.2, 0) is 0 Å². The van der Waals surface area contributed by atoms with Gasteiger partial charge < -0.3 is 9.80 Å². The fraction of sp³-hybridized carbons (Fsp3) is 0.500. The number of carbonyl (C=O) groups excluding carboxylic acids is 1. The van der Waals surface area contributed by atoms with E-state index in [1.54, 1.807) is 6.07 Å². The number of nitrogens with zero attached hydrogens (tertiary/aromatic N) is 6. The van der Waals surface area contributed by atoms with E-state index in [2.05, 4.69) is 15.3 Å². The van der Waals surface area contributed by atoms with Crippen molar-refractivity contribution in [3.05, 3.63) is 35.8 Å². The number of aromatic nitrogens is 4. The smallest absolute Gasteiger partial charge is 0.274 e. The number of hydrogen-bond acceptors (Lipinski definition) is 5. The lowest BCUT2D eigenvalue weighted by Crippen LogP contribution is -2.41. The molecule has 1 aliphatic rings. The van der Waals surface area contributed by atoms with Gasteiger partial charge in [0.15, 0.2) is 11.5 Å². The number of likely N-dealkylation sites (tertiary alicyclic amines) is 1. The van der Waals surface area contributed by atoms with Gasteiger partial charge in [-0.1, -0.05) is 0 Å². The molecule has 0 spiro atoms. The molecule has 3 rings (SSSR count). The van der Waals surface area contributed by atoms with Crippen LogP contribution < -0.4 is 4.90 Å². The van der Waals surface area contributed by atoms with Gasteiger partial charge in [-0.2, -0.15) is 5.10 Å². The van der Waals surface area contributed by atoms with Gasteiger partial charge in [0.05, 0.1) is 12.2 Å². The van der Waals surface area contributed by atoms with E-state index in [1.165, 1.54) is 0 Å². The third kappa shape index (κ3) is 3.33. The zero-order valence-corrected chi connectivity index (χ0v) is 13.8. The molecule has 7 nitrogen and oxygen atoms in total. The Bertz CT molecular complexity index is 678. The first-order valence-electron chi connectivity index (χ1n) is 7.85. The Hall–Kier alpha value is -2.44. The number of anilines is 1. The van der Waals surface area contributed by atoms with Crippen LogP contribution in [0.15, 0.2) is 24.5 Å². The lowest BCUT2D eigenvalue weighted by molar-refractivity contribution is 0.0666. The zero-order chi connectivity index (χ0) is 16.4. The average molecular weight is 314 g/mol. The predicted octanol–water partition coefficient (Wildman–Crippen LogP) is 1.52. The Morgan fingerprint density at radius 1 is 1.30 bits per heavy atom. The van der Waals surface area contributed by atoms with Gasteiger partial charge >= 0.3 is 0 Å². The third-order valence-corrected chi connectivity index (χ3v) is 4.12.